The Morgan fingerprint density at radius 3 is 2.76 bits per heavy atom. The van der Waals surface area contributed by atoms with Gasteiger partial charge in [-0.2, -0.15) is 0 Å². The first-order valence-corrected chi connectivity index (χ1v) is 6.92. The van der Waals surface area contributed by atoms with E-state index in [1.807, 2.05) is 13.8 Å². The van der Waals surface area contributed by atoms with Gasteiger partial charge in [-0.25, -0.2) is 4.68 Å². The van der Waals surface area contributed by atoms with Crippen LogP contribution >= 0.6 is 23.2 Å². The van der Waals surface area contributed by atoms with Crippen molar-refractivity contribution in [1.29, 1.82) is 0 Å². The molecule has 0 aliphatic rings. The Kier molecular flexibility index (Phi) is 4.76. The standard InChI is InChI=1S/C12H13Cl2N5O2/c1-7(2)15-5-9-6-18(17-16-9)12-10(14)3-8(13)4-11(12)19(20)21/h3-4,6-7,15H,5H2,1-2H3. The van der Waals surface area contributed by atoms with E-state index in [2.05, 4.69) is 15.6 Å². The van der Waals surface area contributed by atoms with Crippen molar-refractivity contribution in [3.05, 3.63) is 44.2 Å². The molecule has 7 nitrogen and oxygen atoms in total. The largest absolute Gasteiger partial charge is 0.309 e. The number of nitrogens with zero attached hydrogens (tertiary/aromatic N) is 4. The molecule has 1 aromatic heterocycles. The summed E-state index contributed by atoms with van der Waals surface area (Å²) in [5.74, 6) is 0. The van der Waals surface area contributed by atoms with Crippen LogP contribution in [0.2, 0.25) is 10.0 Å². The highest BCUT2D eigenvalue weighted by molar-refractivity contribution is 6.36. The van der Waals surface area contributed by atoms with Crippen LogP contribution in [0.5, 0.6) is 0 Å². The molecule has 0 bridgehead atoms. The normalized spacial score (nSPS) is 11.1. The topological polar surface area (TPSA) is 85.9 Å². The molecule has 0 spiro atoms. The minimum atomic E-state index is -0.555. The zero-order valence-electron chi connectivity index (χ0n) is 11.4. The number of benzene rings is 1. The van der Waals surface area contributed by atoms with Gasteiger partial charge in [0.25, 0.3) is 5.69 Å². The molecule has 0 aliphatic carbocycles. The van der Waals surface area contributed by atoms with Crippen LogP contribution in [-0.2, 0) is 6.54 Å². The Balaban J connectivity index is 2.40. The third-order valence-electron chi connectivity index (χ3n) is 2.67. The summed E-state index contributed by atoms with van der Waals surface area (Å²) in [6.45, 7) is 4.52. The molecule has 0 saturated heterocycles. The number of nitrogens with one attached hydrogen (secondary N) is 1. The van der Waals surface area contributed by atoms with Crippen LogP contribution in [-0.4, -0.2) is 26.0 Å². The fourth-order valence-electron chi connectivity index (χ4n) is 1.72. The summed E-state index contributed by atoms with van der Waals surface area (Å²) in [5, 5.41) is 22.5. The van der Waals surface area contributed by atoms with Gasteiger partial charge in [0.15, 0.2) is 5.69 Å². The van der Waals surface area contributed by atoms with Crippen molar-refractivity contribution in [3.8, 4) is 5.69 Å². The van der Waals surface area contributed by atoms with Crippen LogP contribution in [0, 0.1) is 10.1 Å². The monoisotopic (exact) mass is 329 g/mol. The fourth-order valence-corrected chi connectivity index (χ4v) is 2.29. The van der Waals surface area contributed by atoms with Gasteiger partial charge in [0.1, 0.15) is 0 Å². The molecule has 2 aromatic rings. The van der Waals surface area contributed by atoms with Gasteiger partial charge < -0.3 is 5.32 Å². The lowest BCUT2D eigenvalue weighted by atomic mass is 10.2. The highest BCUT2D eigenvalue weighted by atomic mass is 35.5. The molecule has 112 valence electrons. The van der Waals surface area contributed by atoms with E-state index in [4.69, 9.17) is 23.2 Å². The Morgan fingerprint density at radius 2 is 2.14 bits per heavy atom. The van der Waals surface area contributed by atoms with E-state index < -0.39 is 4.92 Å². The maximum Gasteiger partial charge on any atom is 0.297 e. The average molecular weight is 330 g/mol. The molecule has 1 heterocycles. The Labute approximate surface area is 131 Å². The minimum Gasteiger partial charge on any atom is -0.309 e. The third kappa shape index (κ3) is 3.69. The highest BCUT2D eigenvalue weighted by Gasteiger charge is 2.21. The van der Waals surface area contributed by atoms with Gasteiger partial charge in [-0.3, -0.25) is 10.1 Å². The second-order valence-corrected chi connectivity index (χ2v) is 5.55. The minimum absolute atomic E-state index is 0.141. The van der Waals surface area contributed by atoms with Crippen molar-refractivity contribution >= 4 is 28.9 Å². The van der Waals surface area contributed by atoms with Gasteiger partial charge in [-0.15, -0.1) is 5.10 Å². The van der Waals surface area contributed by atoms with Crippen molar-refractivity contribution in [3.63, 3.8) is 0 Å². The molecule has 9 heteroatoms. The number of aromatic nitrogens is 3. The lowest BCUT2D eigenvalue weighted by Gasteiger charge is -2.06. The summed E-state index contributed by atoms with van der Waals surface area (Å²) in [7, 11) is 0. The summed E-state index contributed by atoms with van der Waals surface area (Å²) in [6.07, 6.45) is 1.59. The molecule has 1 aromatic carbocycles. The molecule has 0 amide bonds. The van der Waals surface area contributed by atoms with Crippen LogP contribution in [0.15, 0.2) is 18.3 Å². The molecule has 0 fully saturated rings. The van der Waals surface area contributed by atoms with Crippen molar-refractivity contribution in [2.24, 2.45) is 0 Å². The van der Waals surface area contributed by atoms with E-state index >= 15 is 0 Å². The zero-order valence-corrected chi connectivity index (χ0v) is 12.9. The lowest BCUT2D eigenvalue weighted by molar-refractivity contribution is -0.384. The van der Waals surface area contributed by atoms with E-state index in [1.165, 1.54) is 16.8 Å². The molecule has 2 rings (SSSR count). The second kappa shape index (κ2) is 6.38. The first-order valence-electron chi connectivity index (χ1n) is 6.17. The Bertz CT molecular complexity index is 672. The molecule has 0 aliphatic heterocycles. The number of nitro groups is 1. The molecule has 0 unspecified atom stereocenters. The van der Waals surface area contributed by atoms with Gasteiger partial charge >= 0.3 is 0 Å². The summed E-state index contributed by atoms with van der Waals surface area (Å²) >= 11 is 11.9. The number of hydrogen-bond donors (Lipinski definition) is 1. The molecule has 0 atom stereocenters. The Hall–Kier alpha value is -1.70. The van der Waals surface area contributed by atoms with E-state index in [9.17, 15) is 10.1 Å². The summed E-state index contributed by atoms with van der Waals surface area (Å²) in [6, 6.07) is 2.96. The smallest absolute Gasteiger partial charge is 0.297 e. The predicted molar refractivity (Wildman–Crippen MR) is 80.0 cm³/mol. The van der Waals surface area contributed by atoms with Gasteiger partial charge in [-0.05, 0) is 6.07 Å². The number of halogens is 2. The summed E-state index contributed by atoms with van der Waals surface area (Å²) in [5.41, 5.74) is 0.583. The maximum atomic E-state index is 11.1. The van der Waals surface area contributed by atoms with Crippen LogP contribution < -0.4 is 5.32 Å². The third-order valence-corrected chi connectivity index (χ3v) is 3.17. The number of rotatable bonds is 5. The fraction of sp³-hybridized carbons (Fsp3) is 0.333. The first kappa shape index (κ1) is 15.7. The molecule has 0 saturated carbocycles. The van der Waals surface area contributed by atoms with E-state index in [-0.39, 0.29) is 21.4 Å². The number of hydrogen-bond acceptors (Lipinski definition) is 5. The van der Waals surface area contributed by atoms with Gasteiger partial charge in [0.2, 0.25) is 0 Å². The molecular formula is C12H13Cl2N5O2. The van der Waals surface area contributed by atoms with Gasteiger partial charge in [0.05, 0.1) is 21.8 Å². The first-order chi connectivity index (χ1) is 9.88. The molecule has 0 radical (unpaired) electrons. The quantitative estimate of drug-likeness (QED) is 0.673. The van der Waals surface area contributed by atoms with E-state index in [0.717, 1.165) is 0 Å². The van der Waals surface area contributed by atoms with Crippen molar-refractivity contribution < 1.29 is 4.92 Å². The summed E-state index contributed by atoms with van der Waals surface area (Å²) < 4.78 is 1.29. The van der Waals surface area contributed by atoms with E-state index in [0.29, 0.717) is 18.3 Å². The van der Waals surface area contributed by atoms with Crippen molar-refractivity contribution in [2.75, 3.05) is 0 Å². The molecule has 21 heavy (non-hydrogen) atoms. The second-order valence-electron chi connectivity index (χ2n) is 4.70. The van der Waals surface area contributed by atoms with Crippen LogP contribution in [0.4, 0.5) is 5.69 Å². The highest BCUT2D eigenvalue weighted by Crippen LogP contribution is 2.33. The zero-order chi connectivity index (χ0) is 15.6. The Morgan fingerprint density at radius 1 is 1.43 bits per heavy atom. The van der Waals surface area contributed by atoms with Crippen LogP contribution in [0.1, 0.15) is 19.5 Å². The van der Waals surface area contributed by atoms with Crippen molar-refractivity contribution in [2.45, 2.75) is 26.4 Å². The SMILES string of the molecule is CC(C)NCc1cn(-c2c(Cl)cc(Cl)cc2[N+](=O)[O-])nn1. The van der Waals surface area contributed by atoms with Crippen LogP contribution in [0.25, 0.3) is 5.69 Å². The van der Waals surface area contributed by atoms with Gasteiger partial charge in [0, 0.05) is 23.7 Å². The van der Waals surface area contributed by atoms with E-state index in [1.54, 1.807) is 6.20 Å². The van der Waals surface area contributed by atoms with Crippen LogP contribution in [0.3, 0.4) is 0 Å². The maximum absolute atomic E-state index is 11.1. The number of nitro benzene ring substituents is 1. The molecule has 1 N–H and O–H groups in total. The van der Waals surface area contributed by atoms with Crippen molar-refractivity contribution in [1.82, 2.24) is 20.3 Å². The average Bonchev–Trinajstić information content (AvgIpc) is 2.83. The van der Waals surface area contributed by atoms with Gasteiger partial charge in [-0.1, -0.05) is 42.3 Å². The predicted octanol–water partition coefficient (Wildman–Crippen LogP) is 2.98. The summed E-state index contributed by atoms with van der Waals surface area (Å²) in [4.78, 5) is 10.6. The lowest BCUT2D eigenvalue weighted by Crippen LogP contribution is -2.21. The molecular weight excluding hydrogens is 317 g/mol.